The fraction of sp³-hybridized carbons (Fsp3) is 0.259. The molecule has 0 bridgehead atoms. The number of aromatic hydroxyl groups is 1. The van der Waals surface area contributed by atoms with Gasteiger partial charge in [0.25, 0.3) is 0 Å². The van der Waals surface area contributed by atoms with E-state index in [-0.39, 0.29) is 17.1 Å². The number of benzene rings is 3. The zero-order valence-corrected chi connectivity index (χ0v) is 18.9. The molecule has 0 radical (unpaired) electrons. The van der Waals surface area contributed by atoms with Gasteiger partial charge in [0.05, 0.1) is 0 Å². The first-order valence-electron chi connectivity index (χ1n) is 11.0. The molecule has 0 saturated heterocycles. The smallest absolute Gasteiger partial charge is 0.311 e. The predicted molar refractivity (Wildman–Crippen MR) is 127 cm³/mol. The zero-order valence-electron chi connectivity index (χ0n) is 18.9. The lowest BCUT2D eigenvalue weighted by atomic mass is 9.91. The SMILES string of the molecule is CC.CCCCC(=O)Oc1ccc(C)c(-c2c3ccc(=O)cc-3oc3cc(O)ccc23)c1. The molecule has 1 aliphatic heterocycles. The number of phenols is 1. The number of fused-ring (bicyclic) bond motifs is 2. The number of unbranched alkanes of at least 4 members (excludes halogenated alkanes) is 1. The van der Waals surface area contributed by atoms with Crippen molar-refractivity contribution in [2.45, 2.75) is 47.0 Å². The maximum Gasteiger partial charge on any atom is 0.311 e. The van der Waals surface area contributed by atoms with E-state index in [1.54, 1.807) is 24.3 Å². The molecule has 5 nitrogen and oxygen atoms in total. The Morgan fingerprint density at radius 2 is 1.78 bits per heavy atom. The van der Waals surface area contributed by atoms with E-state index in [0.29, 0.717) is 23.5 Å². The number of carbonyl (C=O) groups excluding carboxylic acids is 1. The van der Waals surface area contributed by atoms with Crippen molar-refractivity contribution in [1.29, 1.82) is 0 Å². The Balaban J connectivity index is 0.00000141. The van der Waals surface area contributed by atoms with Gasteiger partial charge in [-0.3, -0.25) is 9.59 Å². The van der Waals surface area contributed by atoms with Crippen LogP contribution in [0.2, 0.25) is 0 Å². The predicted octanol–water partition coefficient (Wildman–Crippen LogP) is 6.70. The minimum atomic E-state index is -0.259. The lowest BCUT2D eigenvalue weighted by Gasteiger charge is -2.17. The third-order valence-corrected chi connectivity index (χ3v) is 5.12. The number of phenolic OH excluding ortho intramolecular Hbond substituents is 1. The molecule has 1 heterocycles. The monoisotopic (exact) mass is 432 g/mol. The Morgan fingerprint density at radius 1 is 1.00 bits per heavy atom. The first kappa shape index (κ1) is 23.1. The first-order chi connectivity index (χ1) is 15.5. The second-order valence-corrected chi connectivity index (χ2v) is 7.37. The molecule has 1 N–H and O–H groups in total. The van der Waals surface area contributed by atoms with Gasteiger partial charge in [0.15, 0.2) is 5.43 Å². The largest absolute Gasteiger partial charge is 0.508 e. The molecule has 32 heavy (non-hydrogen) atoms. The van der Waals surface area contributed by atoms with Gasteiger partial charge < -0.3 is 14.3 Å². The van der Waals surface area contributed by atoms with Crippen molar-refractivity contribution in [1.82, 2.24) is 0 Å². The van der Waals surface area contributed by atoms with Crippen LogP contribution >= 0.6 is 0 Å². The van der Waals surface area contributed by atoms with Gasteiger partial charge in [-0.2, -0.15) is 0 Å². The van der Waals surface area contributed by atoms with Crippen molar-refractivity contribution in [3.63, 3.8) is 0 Å². The van der Waals surface area contributed by atoms with Crippen LogP contribution in [0.5, 0.6) is 11.5 Å². The van der Waals surface area contributed by atoms with Crippen molar-refractivity contribution >= 4 is 16.9 Å². The first-order valence-corrected chi connectivity index (χ1v) is 11.0. The zero-order chi connectivity index (χ0) is 23.3. The van der Waals surface area contributed by atoms with Gasteiger partial charge in [0, 0.05) is 35.1 Å². The molecule has 0 atom stereocenters. The highest BCUT2D eigenvalue weighted by Gasteiger charge is 2.19. The van der Waals surface area contributed by atoms with Crippen LogP contribution < -0.4 is 10.2 Å². The molecule has 4 rings (SSSR count). The van der Waals surface area contributed by atoms with Crippen LogP contribution in [0.4, 0.5) is 0 Å². The number of ether oxygens (including phenoxy) is 1. The molecule has 0 spiro atoms. The van der Waals surface area contributed by atoms with E-state index in [1.807, 2.05) is 39.8 Å². The Bertz CT molecular complexity index is 1270. The maximum atomic E-state index is 12.1. The van der Waals surface area contributed by atoms with Crippen molar-refractivity contribution in [3.05, 3.63) is 70.4 Å². The number of hydrogen-bond acceptors (Lipinski definition) is 5. The van der Waals surface area contributed by atoms with Gasteiger partial charge in [-0.15, -0.1) is 0 Å². The quantitative estimate of drug-likeness (QED) is 0.216. The van der Waals surface area contributed by atoms with Gasteiger partial charge in [-0.1, -0.05) is 33.3 Å². The molecule has 0 aromatic heterocycles. The van der Waals surface area contributed by atoms with E-state index in [9.17, 15) is 14.7 Å². The van der Waals surface area contributed by atoms with E-state index in [4.69, 9.17) is 9.15 Å². The summed E-state index contributed by atoms with van der Waals surface area (Å²) in [4.78, 5) is 24.0. The molecule has 0 saturated carbocycles. The fourth-order valence-corrected chi connectivity index (χ4v) is 3.59. The summed E-state index contributed by atoms with van der Waals surface area (Å²) in [7, 11) is 0. The molecular formula is C27H28O5. The summed E-state index contributed by atoms with van der Waals surface area (Å²) < 4.78 is 11.4. The summed E-state index contributed by atoms with van der Waals surface area (Å²) in [5, 5.41) is 10.7. The fourth-order valence-electron chi connectivity index (χ4n) is 3.59. The lowest BCUT2D eigenvalue weighted by molar-refractivity contribution is -0.134. The molecule has 5 heteroatoms. The average Bonchev–Trinajstić information content (AvgIpc) is 2.78. The van der Waals surface area contributed by atoms with Gasteiger partial charge in [0.1, 0.15) is 22.8 Å². The number of rotatable bonds is 5. The standard InChI is InChI=1S/C25H22O5.C2H6/c1-3-4-5-24(28)29-18-9-6-15(2)21(14-18)25-19-10-7-16(26)12-22(19)30-23-13-17(27)8-11-20(23)25;1-2/h6-14,26H,3-5H2,1-2H3;1-2H3. The molecule has 166 valence electrons. The Kier molecular flexibility index (Phi) is 7.31. The van der Waals surface area contributed by atoms with E-state index in [0.717, 1.165) is 40.5 Å². The molecule has 1 aliphatic carbocycles. The third kappa shape index (κ3) is 4.83. The van der Waals surface area contributed by atoms with Crippen molar-refractivity contribution < 1.29 is 19.1 Å². The molecule has 0 unspecified atom stereocenters. The van der Waals surface area contributed by atoms with Crippen LogP contribution in [0.15, 0.2) is 63.8 Å². The van der Waals surface area contributed by atoms with Gasteiger partial charge >= 0.3 is 5.97 Å². The average molecular weight is 433 g/mol. The summed E-state index contributed by atoms with van der Waals surface area (Å²) in [5.74, 6) is 0.717. The summed E-state index contributed by atoms with van der Waals surface area (Å²) in [6, 6.07) is 15.1. The summed E-state index contributed by atoms with van der Waals surface area (Å²) >= 11 is 0. The molecule has 0 fully saturated rings. The Morgan fingerprint density at radius 3 is 2.53 bits per heavy atom. The van der Waals surface area contributed by atoms with Crippen LogP contribution in [0.25, 0.3) is 33.4 Å². The second-order valence-electron chi connectivity index (χ2n) is 7.37. The van der Waals surface area contributed by atoms with Crippen LogP contribution in [-0.4, -0.2) is 11.1 Å². The van der Waals surface area contributed by atoms with Crippen molar-refractivity contribution in [2.24, 2.45) is 0 Å². The normalized spacial score (nSPS) is 10.6. The van der Waals surface area contributed by atoms with E-state index in [1.165, 1.54) is 18.2 Å². The van der Waals surface area contributed by atoms with Crippen molar-refractivity contribution in [2.75, 3.05) is 0 Å². The van der Waals surface area contributed by atoms with Crippen LogP contribution in [-0.2, 0) is 4.79 Å². The Labute approximate surface area is 187 Å². The number of aryl methyl sites for hydroxylation is 1. The molecule has 2 aromatic rings. The minimum Gasteiger partial charge on any atom is -0.508 e. The third-order valence-electron chi connectivity index (χ3n) is 5.12. The highest BCUT2D eigenvalue weighted by Crippen LogP contribution is 2.42. The summed E-state index contributed by atoms with van der Waals surface area (Å²) in [5.41, 5.74) is 3.78. The van der Waals surface area contributed by atoms with Crippen molar-refractivity contribution in [3.8, 4) is 33.9 Å². The number of carbonyl (C=O) groups is 1. The highest BCUT2D eigenvalue weighted by atomic mass is 16.5. The van der Waals surface area contributed by atoms with Crippen LogP contribution in [0.3, 0.4) is 0 Å². The highest BCUT2D eigenvalue weighted by molar-refractivity contribution is 6.03. The Hall–Kier alpha value is -3.60. The molecule has 2 aromatic carbocycles. The van der Waals surface area contributed by atoms with E-state index in [2.05, 4.69) is 0 Å². The summed E-state index contributed by atoms with van der Waals surface area (Å²) in [6.07, 6.45) is 2.09. The van der Waals surface area contributed by atoms with Gasteiger partial charge in [-0.05, 0) is 60.9 Å². The van der Waals surface area contributed by atoms with E-state index < -0.39 is 0 Å². The lowest BCUT2D eigenvalue weighted by Crippen LogP contribution is -2.07. The minimum absolute atomic E-state index is 0.0742. The second kappa shape index (κ2) is 10.1. The molecule has 0 amide bonds. The molecular weight excluding hydrogens is 404 g/mol. The van der Waals surface area contributed by atoms with Gasteiger partial charge in [0.2, 0.25) is 0 Å². The molecule has 2 aliphatic rings. The van der Waals surface area contributed by atoms with E-state index >= 15 is 0 Å². The van der Waals surface area contributed by atoms with Crippen LogP contribution in [0.1, 0.15) is 45.6 Å². The van der Waals surface area contributed by atoms with Gasteiger partial charge in [-0.25, -0.2) is 0 Å². The number of hydrogen-bond donors (Lipinski definition) is 1. The summed E-state index contributed by atoms with van der Waals surface area (Å²) in [6.45, 7) is 8.00. The number of esters is 1. The maximum absolute atomic E-state index is 12.1. The van der Waals surface area contributed by atoms with Crippen LogP contribution in [0, 0.1) is 6.92 Å². The topological polar surface area (TPSA) is 76.7 Å².